The Morgan fingerprint density at radius 1 is 1.31 bits per heavy atom. The largest absolute Gasteiger partial charge is 0.506 e. The molecule has 0 amide bonds. The van der Waals surface area contributed by atoms with Gasteiger partial charge in [-0.15, -0.1) is 0 Å². The smallest absolute Gasteiger partial charge is 0.151 e. The maximum Gasteiger partial charge on any atom is 0.151 e. The number of benzene rings is 1. The average Bonchev–Trinajstić information content (AvgIpc) is 2.28. The molecule has 0 radical (unpaired) electrons. The Morgan fingerprint density at radius 3 is 2.56 bits per heavy atom. The molecule has 0 unspecified atom stereocenters. The van der Waals surface area contributed by atoms with Crippen LogP contribution in [-0.2, 0) is 0 Å². The summed E-state index contributed by atoms with van der Waals surface area (Å²) in [7, 11) is 0. The number of phenols is 1. The predicted molar refractivity (Wildman–Crippen MR) is 57.9 cm³/mol. The molecular weight excluding hydrogens is 236 g/mol. The molecule has 0 spiro atoms. The number of nitrogens with one attached hydrogen (secondary N) is 1. The Bertz CT molecular complexity index is 405. The van der Waals surface area contributed by atoms with Gasteiger partial charge in [0.05, 0.1) is 0 Å². The number of aromatic hydroxyl groups is 1. The van der Waals surface area contributed by atoms with Gasteiger partial charge < -0.3 is 10.4 Å². The molecule has 1 aromatic carbocycles. The first-order valence-corrected chi connectivity index (χ1v) is 5.56. The molecule has 1 aromatic rings. The van der Waals surface area contributed by atoms with E-state index < -0.39 is 22.4 Å². The fourth-order valence-electron chi connectivity index (χ4n) is 2.08. The van der Waals surface area contributed by atoms with Gasteiger partial charge in [-0.3, -0.25) is 0 Å². The van der Waals surface area contributed by atoms with E-state index in [9.17, 15) is 13.9 Å². The summed E-state index contributed by atoms with van der Waals surface area (Å²) in [5, 5.41) is 11.9. The van der Waals surface area contributed by atoms with Crippen LogP contribution in [0.5, 0.6) is 5.75 Å². The Hall–Kier alpha value is -0.870. The van der Waals surface area contributed by atoms with Gasteiger partial charge in [-0.2, -0.15) is 0 Å². The highest BCUT2D eigenvalue weighted by Crippen LogP contribution is 2.37. The molecule has 2 rings (SSSR count). The van der Waals surface area contributed by atoms with E-state index in [2.05, 4.69) is 5.32 Å². The summed E-state index contributed by atoms with van der Waals surface area (Å²) in [5.41, 5.74) is 0.00398. The third kappa shape index (κ3) is 1.99. The molecule has 1 fully saturated rings. The Morgan fingerprint density at radius 2 is 1.94 bits per heavy atom. The number of piperidine rings is 1. The van der Waals surface area contributed by atoms with Crippen LogP contribution >= 0.6 is 11.6 Å². The minimum Gasteiger partial charge on any atom is -0.506 e. The molecule has 88 valence electrons. The number of hydrogen-bond donors (Lipinski definition) is 2. The summed E-state index contributed by atoms with van der Waals surface area (Å²) in [4.78, 5) is 0. The van der Waals surface area contributed by atoms with Crippen molar-refractivity contribution in [2.45, 2.75) is 18.8 Å². The van der Waals surface area contributed by atoms with Crippen LogP contribution in [0.3, 0.4) is 0 Å². The fraction of sp³-hybridized carbons (Fsp3) is 0.455. The van der Waals surface area contributed by atoms with Crippen LogP contribution < -0.4 is 5.32 Å². The minimum absolute atomic E-state index is 0.00398. The van der Waals surface area contributed by atoms with Crippen molar-refractivity contribution in [3.63, 3.8) is 0 Å². The van der Waals surface area contributed by atoms with Gasteiger partial charge in [-0.1, -0.05) is 11.6 Å². The van der Waals surface area contributed by atoms with Gasteiger partial charge in [0.1, 0.15) is 16.6 Å². The van der Waals surface area contributed by atoms with Crippen LogP contribution in [-0.4, -0.2) is 18.2 Å². The molecule has 5 heteroatoms. The number of hydrogen-bond acceptors (Lipinski definition) is 2. The van der Waals surface area contributed by atoms with Gasteiger partial charge >= 0.3 is 0 Å². The first-order valence-electron chi connectivity index (χ1n) is 5.18. The number of halogens is 3. The molecule has 0 saturated carbocycles. The SMILES string of the molecule is Oc1cc(F)c(C2CCNCC2)c(F)c1Cl. The maximum atomic E-state index is 13.8. The Balaban J connectivity index is 2.42. The molecule has 0 aliphatic carbocycles. The van der Waals surface area contributed by atoms with E-state index in [4.69, 9.17) is 11.6 Å². The summed E-state index contributed by atoms with van der Waals surface area (Å²) in [6.45, 7) is 1.48. The van der Waals surface area contributed by atoms with E-state index in [0.717, 1.165) is 19.2 Å². The molecule has 1 aliphatic rings. The van der Waals surface area contributed by atoms with Crippen molar-refractivity contribution >= 4 is 11.6 Å². The van der Waals surface area contributed by atoms with E-state index in [1.807, 2.05) is 0 Å². The van der Waals surface area contributed by atoms with Crippen molar-refractivity contribution < 1.29 is 13.9 Å². The highest BCUT2D eigenvalue weighted by atomic mass is 35.5. The Labute approximate surface area is 97.2 Å². The van der Waals surface area contributed by atoms with E-state index >= 15 is 0 Å². The third-order valence-electron chi connectivity index (χ3n) is 2.92. The number of phenolic OH excluding ortho intramolecular Hbond substituents is 1. The summed E-state index contributed by atoms with van der Waals surface area (Å²) in [5.74, 6) is -2.26. The van der Waals surface area contributed by atoms with E-state index in [0.29, 0.717) is 12.8 Å². The van der Waals surface area contributed by atoms with Crippen molar-refractivity contribution in [3.8, 4) is 5.75 Å². The zero-order chi connectivity index (χ0) is 11.7. The summed E-state index contributed by atoms with van der Waals surface area (Å²) < 4.78 is 27.4. The third-order valence-corrected chi connectivity index (χ3v) is 3.28. The highest BCUT2D eigenvalue weighted by Gasteiger charge is 2.25. The van der Waals surface area contributed by atoms with Gasteiger partial charge in [-0.25, -0.2) is 8.78 Å². The second-order valence-corrected chi connectivity index (χ2v) is 4.32. The van der Waals surface area contributed by atoms with Crippen molar-refractivity contribution in [1.82, 2.24) is 5.32 Å². The first kappa shape index (κ1) is 11.6. The minimum atomic E-state index is -0.828. The maximum absolute atomic E-state index is 13.8. The van der Waals surface area contributed by atoms with Crippen LogP contribution in [0.2, 0.25) is 5.02 Å². The molecule has 0 aromatic heterocycles. The topological polar surface area (TPSA) is 32.3 Å². The van der Waals surface area contributed by atoms with Gasteiger partial charge in [0.15, 0.2) is 5.82 Å². The first-order chi connectivity index (χ1) is 7.61. The summed E-state index contributed by atoms with van der Waals surface area (Å²) in [6.07, 6.45) is 1.35. The van der Waals surface area contributed by atoms with Gasteiger partial charge in [0.25, 0.3) is 0 Å². The molecular formula is C11H12ClF2NO. The van der Waals surface area contributed by atoms with Crippen LogP contribution in [0, 0.1) is 11.6 Å². The van der Waals surface area contributed by atoms with Crippen LogP contribution in [0.1, 0.15) is 24.3 Å². The van der Waals surface area contributed by atoms with Crippen LogP contribution in [0.25, 0.3) is 0 Å². The second-order valence-electron chi connectivity index (χ2n) is 3.94. The normalized spacial score (nSPS) is 17.7. The summed E-state index contributed by atoms with van der Waals surface area (Å²) >= 11 is 5.57. The van der Waals surface area contributed by atoms with Crippen LogP contribution in [0.4, 0.5) is 8.78 Å². The van der Waals surface area contributed by atoms with Crippen LogP contribution in [0.15, 0.2) is 6.07 Å². The quantitative estimate of drug-likeness (QED) is 0.748. The van der Waals surface area contributed by atoms with Gasteiger partial charge in [0, 0.05) is 11.6 Å². The van der Waals surface area contributed by atoms with Crippen molar-refractivity contribution in [1.29, 1.82) is 0 Å². The second kappa shape index (κ2) is 4.55. The molecule has 0 atom stereocenters. The standard InChI is InChI=1S/C11H12ClF2NO/c12-10-8(16)5-7(13)9(11(10)14)6-1-3-15-4-2-6/h5-6,15-16H,1-4H2. The van der Waals surface area contributed by atoms with E-state index in [1.54, 1.807) is 0 Å². The molecule has 2 N–H and O–H groups in total. The van der Waals surface area contributed by atoms with Crippen molar-refractivity contribution in [3.05, 3.63) is 28.3 Å². The van der Waals surface area contributed by atoms with Crippen molar-refractivity contribution in [2.75, 3.05) is 13.1 Å². The van der Waals surface area contributed by atoms with E-state index in [-0.39, 0.29) is 11.5 Å². The molecule has 0 bridgehead atoms. The monoisotopic (exact) mass is 247 g/mol. The van der Waals surface area contributed by atoms with E-state index in [1.165, 1.54) is 0 Å². The summed E-state index contributed by atoms with van der Waals surface area (Å²) in [6, 6.07) is 0.878. The zero-order valence-corrected chi connectivity index (χ0v) is 9.32. The Kier molecular flexibility index (Phi) is 3.30. The number of rotatable bonds is 1. The zero-order valence-electron chi connectivity index (χ0n) is 8.56. The lowest BCUT2D eigenvalue weighted by molar-refractivity contribution is 0.416. The van der Waals surface area contributed by atoms with Gasteiger partial charge in [0.2, 0.25) is 0 Å². The molecule has 16 heavy (non-hydrogen) atoms. The van der Waals surface area contributed by atoms with Gasteiger partial charge in [-0.05, 0) is 31.8 Å². The lowest BCUT2D eigenvalue weighted by Gasteiger charge is -2.24. The molecule has 2 nitrogen and oxygen atoms in total. The predicted octanol–water partition coefficient (Wildman–Crippen LogP) is 2.79. The lowest BCUT2D eigenvalue weighted by atomic mass is 9.89. The molecule has 1 aliphatic heterocycles. The lowest BCUT2D eigenvalue weighted by Crippen LogP contribution is -2.27. The fourth-order valence-corrected chi connectivity index (χ4v) is 2.24. The van der Waals surface area contributed by atoms with Crippen molar-refractivity contribution in [2.24, 2.45) is 0 Å². The average molecular weight is 248 g/mol. The molecule has 1 saturated heterocycles. The highest BCUT2D eigenvalue weighted by molar-refractivity contribution is 6.32. The molecule has 1 heterocycles.